The zero-order valence-electron chi connectivity index (χ0n) is 4.22. The fourth-order valence-corrected chi connectivity index (χ4v) is 0.304. The molecule has 0 saturated heterocycles. The average molecular weight is 125 g/mol. The van der Waals surface area contributed by atoms with Crippen molar-refractivity contribution in [1.29, 1.82) is 0 Å². The molecule has 0 aliphatic heterocycles. The topological polar surface area (TPSA) is 29.5 Å². The molecule has 3 heteroatoms. The summed E-state index contributed by atoms with van der Waals surface area (Å²) in [6.45, 7) is 1.96. The lowest BCUT2D eigenvalue weighted by Crippen LogP contribution is -2.07. The minimum atomic E-state index is -0.682. The predicted octanol–water partition coefficient (Wildman–Crippen LogP) is 0.580. The van der Waals surface area contributed by atoms with Gasteiger partial charge in [-0.3, -0.25) is 0 Å². The third-order valence-electron chi connectivity index (χ3n) is 0.436. The molecule has 0 aromatic carbocycles. The van der Waals surface area contributed by atoms with Gasteiger partial charge in [-0.2, -0.15) is 0 Å². The lowest BCUT2D eigenvalue weighted by molar-refractivity contribution is -0.0793. The van der Waals surface area contributed by atoms with Crippen molar-refractivity contribution >= 4 is 11.6 Å². The Morgan fingerprint density at radius 2 is 2.43 bits per heavy atom. The highest BCUT2D eigenvalue weighted by atomic mass is 35.5. The van der Waals surface area contributed by atoms with Crippen LogP contribution in [0.5, 0.6) is 0 Å². The normalized spacial score (nSPS) is 14.1. The molecule has 7 heavy (non-hydrogen) atoms. The predicted molar refractivity (Wildman–Crippen MR) is 28.4 cm³/mol. The zero-order valence-corrected chi connectivity index (χ0v) is 4.98. The largest absolute Gasteiger partial charge is 0.368 e. The second-order valence-electron chi connectivity index (χ2n) is 1.16. The second kappa shape index (κ2) is 4.37. The van der Waals surface area contributed by atoms with Gasteiger partial charge in [0, 0.05) is 5.88 Å². The van der Waals surface area contributed by atoms with E-state index in [1.54, 1.807) is 6.92 Å². The fourth-order valence-electron chi connectivity index (χ4n) is 0.215. The first-order chi connectivity index (χ1) is 3.27. The van der Waals surface area contributed by atoms with Crippen LogP contribution in [0.3, 0.4) is 0 Å². The van der Waals surface area contributed by atoms with Crippen LogP contribution in [0.1, 0.15) is 6.92 Å². The lowest BCUT2D eigenvalue weighted by Gasteiger charge is -2.01. The minimum absolute atomic E-state index is 0.416. The Morgan fingerprint density at radius 1 is 1.86 bits per heavy atom. The third kappa shape index (κ3) is 6.21. The van der Waals surface area contributed by atoms with Crippen LogP contribution in [0, 0.1) is 0 Å². The highest BCUT2D eigenvalue weighted by molar-refractivity contribution is 6.17. The van der Waals surface area contributed by atoms with Crippen molar-refractivity contribution in [3.8, 4) is 0 Å². The van der Waals surface area contributed by atoms with Crippen molar-refractivity contribution < 1.29 is 9.84 Å². The van der Waals surface area contributed by atoms with Gasteiger partial charge >= 0.3 is 0 Å². The summed E-state index contributed by atoms with van der Waals surface area (Å²) in [6, 6.07) is 0. The Labute approximate surface area is 48.0 Å². The van der Waals surface area contributed by atoms with E-state index in [1.165, 1.54) is 0 Å². The van der Waals surface area contributed by atoms with Crippen molar-refractivity contribution in [3.05, 3.63) is 0 Å². The van der Waals surface area contributed by atoms with E-state index in [9.17, 15) is 0 Å². The van der Waals surface area contributed by atoms with Crippen LogP contribution in [-0.2, 0) is 4.74 Å². The van der Waals surface area contributed by atoms with Gasteiger partial charge in [0.25, 0.3) is 0 Å². The number of halogens is 1. The summed E-state index contributed by atoms with van der Waals surface area (Å²) in [7, 11) is 0. The van der Waals surface area contributed by atoms with E-state index in [0.29, 0.717) is 12.5 Å². The third-order valence-corrected chi connectivity index (χ3v) is 0.591. The molecule has 1 unspecified atom stereocenters. The maximum atomic E-state index is 8.40. The van der Waals surface area contributed by atoms with Crippen LogP contribution < -0.4 is 0 Å². The van der Waals surface area contributed by atoms with E-state index in [0.717, 1.165) is 0 Å². The lowest BCUT2D eigenvalue weighted by atomic mass is 10.7. The summed E-state index contributed by atoms with van der Waals surface area (Å²) in [5, 5.41) is 8.40. The molecule has 0 aliphatic rings. The maximum absolute atomic E-state index is 8.40. The number of hydrogen-bond acceptors (Lipinski definition) is 2. The van der Waals surface area contributed by atoms with Crippen LogP contribution in [0.15, 0.2) is 0 Å². The van der Waals surface area contributed by atoms with Crippen LogP contribution in [-0.4, -0.2) is 23.9 Å². The molecule has 1 atom stereocenters. The Kier molecular flexibility index (Phi) is 4.50. The van der Waals surface area contributed by atoms with Crippen molar-refractivity contribution in [2.75, 3.05) is 12.5 Å². The summed E-state index contributed by atoms with van der Waals surface area (Å²) in [5.41, 5.74) is 0. The summed E-state index contributed by atoms with van der Waals surface area (Å²) in [4.78, 5) is 0. The van der Waals surface area contributed by atoms with Gasteiger partial charge in [0.1, 0.15) is 0 Å². The molecule has 0 amide bonds. The van der Waals surface area contributed by atoms with Gasteiger partial charge in [0.15, 0.2) is 6.29 Å². The number of alkyl halides is 1. The molecule has 0 aliphatic carbocycles. The van der Waals surface area contributed by atoms with E-state index in [2.05, 4.69) is 4.74 Å². The van der Waals surface area contributed by atoms with Crippen molar-refractivity contribution in [2.24, 2.45) is 0 Å². The fraction of sp³-hybridized carbons (Fsp3) is 1.00. The molecule has 0 bridgehead atoms. The standard InChI is InChI=1S/C4H9ClO2/c1-4(6)7-3-2-5/h4,6H,2-3H2,1H3. The monoisotopic (exact) mass is 124 g/mol. The van der Waals surface area contributed by atoms with E-state index < -0.39 is 6.29 Å². The van der Waals surface area contributed by atoms with Crippen molar-refractivity contribution in [1.82, 2.24) is 0 Å². The molecule has 0 aromatic heterocycles. The molecule has 44 valence electrons. The molecule has 0 rings (SSSR count). The first kappa shape index (κ1) is 7.21. The molecule has 0 saturated carbocycles. The highest BCUT2D eigenvalue weighted by Gasteiger charge is 1.89. The van der Waals surface area contributed by atoms with Gasteiger partial charge in [0.2, 0.25) is 0 Å². The number of aliphatic hydroxyl groups is 1. The molecular weight excluding hydrogens is 115 g/mol. The van der Waals surface area contributed by atoms with Crippen LogP contribution in [0.2, 0.25) is 0 Å². The van der Waals surface area contributed by atoms with Gasteiger partial charge in [-0.1, -0.05) is 0 Å². The summed E-state index contributed by atoms with van der Waals surface area (Å²) >= 11 is 5.21. The quantitative estimate of drug-likeness (QED) is 0.441. The van der Waals surface area contributed by atoms with Gasteiger partial charge in [-0.25, -0.2) is 0 Å². The molecule has 0 heterocycles. The Morgan fingerprint density at radius 3 is 2.57 bits per heavy atom. The van der Waals surface area contributed by atoms with Gasteiger partial charge in [0.05, 0.1) is 6.61 Å². The SMILES string of the molecule is CC(O)OCCCl. The van der Waals surface area contributed by atoms with E-state index in [1.807, 2.05) is 0 Å². The summed E-state index contributed by atoms with van der Waals surface area (Å²) in [6.07, 6.45) is -0.682. The molecule has 0 radical (unpaired) electrons. The Bertz CT molecular complexity index is 38.7. The zero-order chi connectivity index (χ0) is 5.70. The van der Waals surface area contributed by atoms with Crippen LogP contribution >= 0.6 is 11.6 Å². The maximum Gasteiger partial charge on any atom is 0.151 e. The first-order valence-electron chi connectivity index (χ1n) is 2.13. The minimum Gasteiger partial charge on any atom is -0.368 e. The van der Waals surface area contributed by atoms with E-state index in [-0.39, 0.29) is 0 Å². The van der Waals surface area contributed by atoms with Crippen molar-refractivity contribution in [2.45, 2.75) is 13.2 Å². The number of rotatable bonds is 3. The summed E-state index contributed by atoms with van der Waals surface area (Å²) in [5.74, 6) is 0.435. The Balaban J connectivity index is 2.68. The highest BCUT2D eigenvalue weighted by Crippen LogP contribution is 1.83. The van der Waals surface area contributed by atoms with Crippen LogP contribution in [0.25, 0.3) is 0 Å². The van der Waals surface area contributed by atoms with Gasteiger partial charge in [-0.05, 0) is 6.92 Å². The van der Waals surface area contributed by atoms with Gasteiger partial charge < -0.3 is 9.84 Å². The number of aliphatic hydroxyl groups excluding tert-OH is 1. The molecule has 1 N–H and O–H groups in total. The van der Waals surface area contributed by atoms with E-state index in [4.69, 9.17) is 16.7 Å². The summed E-state index contributed by atoms with van der Waals surface area (Å²) < 4.78 is 4.61. The van der Waals surface area contributed by atoms with Crippen LogP contribution in [0.4, 0.5) is 0 Å². The second-order valence-corrected chi connectivity index (χ2v) is 1.54. The molecule has 0 fully saturated rings. The Hall–Kier alpha value is 0.210. The van der Waals surface area contributed by atoms with E-state index >= 15 is 0 Å². The number of hydrogen-bond donors (Lipinski definition) is 1. The molecule has 0 spiro atoms. The molecular formula is C4H9ClO2. The van der Waals surface area contributed by atoms with Crippen molar-refractivity contribution in [3.63, 3.8) is 0 Å². The molecule has 0 aromatic rings. The van der Waals surface area contributed by atoms with Gasteiger partial charge in [-0.15, -0.1) is 11.6 Å². The smallest absolute Gasteiger partial charge is 0.151 e. The first-order valence-corrected chi connectivity index (χ1v) is 2.66. The average Bonchev–Trinajstić information content (AvgIpc) is 1.61. The number of ether oxygens (including phenoxy) is 1. The molecule has 2 nitrogen and oxygen atoms in total.